The zero-order valence-electron chi connectivity index (χ0n) is 6.43. The van der Waals surface area contributed by atoms with E-state index in [0.717, 1.165) is 0 Å². The topological polar surface area (TPSA) is 101 Å². The molecular formula is C7H12O5. The van der Waals surface area contributed by atoms with Gasteiger partial charge in [0, 0.05) is 5.92 Å². The fourth-order valence-corrected chi connectivity index (χ4v) is 2.31. The molecule has 2 saturated carbocycles. The molecule has 2 bridgehead atoms. The average molecular weight is 176 g/mol. The zero-order valence-corrected chi connectivity index (χ0v) is 6.43. The molecule has 5 N–H and O–H groups in total. The molecule has 0 aromatic rings. The van der Waals surface area contributed by atoms with Crippen molar-refractivity contribution in [3.63, 3.8) is 0 Å². The fourth-order valence-electron chi connectivity index (χ4n) is 2.31. The van der Waals surface area contributed by atoms with Gasteiger partial charge in [-0.25, -0.2) is 0 Å². The molecular weight excluding hydrogens is 164 g/mol. The molecule has 12 heavy (non-hydrogen) atoms. The van der Waals surface area contributed by atoms with E-state index < -0.39 is 23.1 Å². The van der Waals surface area contributed by atoms with E-state index in [9.17, 15) is 25.5 Å². The molecule has 2 aliphatic carbocycles. The summed E-state index contributed by atoms with van der Waals surface area (Å²) in [7, 11) is 0. The first-order chi connectivity index (χ1) is 5.31. The fraction of sp³-hybridized carbons (Fsp3) is 1.00. The van der Waals surface area contributed by atoms with Crippen molar-refractivity contribution in [2.24, 2.45) is 5.92 Å². The summed E-state index contributed by atoms with van der Waals surface area (Å²) in [5.41, 5.74) is -1.75. The van der Waals surface area contributed by atoms with E-state index in [1.165, 1.54) is 0 Å². The molecule has 70 valence electrons. The first-order valence-electron chi connectivity index (χ1n) is 3.93. The van der Waals surface area contributed by atoms with E-state index in [1.807, 2.05) is 0 Å². The van der Waals surface area contributed by atoms with Gasteiger partial charge in [-0.2, -0.15) is 0 Å². The van der Waals surface area contributed by atoms with Gasteiger partial charge in [0.2, 0.25) is 11.6 Å². The van der Waals surface area contributed by atoms with Crippen molar-refractivity contribution >= 4 is 0 Å². The molecule has 0 amide bonds. The van der Waals surface area contributed by atoms with Gasteiger partial charge in [0.15, 0.2) is 0 Å². The van der Waals surface area contributed by atoms with Crippen LogP contribution < -0.4 is 0 Å². The zero-order chi connectivity index (χ0) is 9.20. The van der Waals surface area contributed by atoms with Crippen LogP contribution in [0.15, 0.2) is 0 Å². The molecule has 5 heteroatoms. The lowest BCUT2D eigenvalue weighted by molar-refractivity contribution is -0.401. The van der Waals surface area contributed by atoms with Crippen LogP contribution in [-0.4, -0.2) is 42.7 Å². The number of hydrogen-bond donors (Lipinski definition) is 5. The number of aliphatic hydroxyl groups is 5. The summed E-state index contributed by atoms with van der Waals surface area (Å²) >= 11 is 0. The SMILES string of the molecule is OC12CCC(C1)C(O)(O)C2(O)O. The second-order valence-electron chi connectivity index (χ2n) is 3.87. The molecule has 2 aliphatic rings. The molecule has 0 radical (unpaired) electrons. The standard InChI is InChI=1S/C7H12O5/c8-5-2-1-4(3-5)6(9,10)7(5,11)12/h4,8-12H,1-3H2. The van der Waals surface area contributed by atoms with E-state index in [-0.39, 0.29) is 12.8 Å². The van der Waals surface area contributed by atoms with Crippen LogP contribution in [0.2, 0.25) is 0 Å². The molecule has 0 aliphatic heterocycles. The van der Waals surface area contributed by atoms with E-state index in [4.69, 9.17) is 0 Å². The van der Waals surface area contributed by atoms with Crippen LogP contribution in [0.25, 0.3) is 0 Å². The summed E-state index contributed by atoms with van der Waals surface area (Å²) in [5.74, 6) is -6.00. The van der Waals surface area contributed by atoms with Gasteiger partial charge >= 0.3 is 0 Å². The lowest BCUT2D eigenvalue weighted by Crippen LogP contribution is -2.65. The first kappa shape index (κ1) is 8.40. The van der Waals surface area contributed by atoms with Crippen molar-refractivity contribution in [3.8, 4) is 0 Å². The van der Waals surface area contributed by atoms with Crippen LogP contribution in [0.4, 0.5) is 0 Å². The van der Waals surface area contributed by atoms with Crippen molar-refractivity contribution in [3.05, 3.63) is 0 Å². The second kappa shape index (κ2) is 1.83. The molecule has 0 aromatic carbocycles. The van der Waals surface area contributed by atoms with Gasteiger partial charge in [0.25, 0.3) is 0 Å². The first-order valence-corrected chi connectivity index (χ1v) is 3.93. The van der Waals surface area contributed by atoms with Crippen LogP contribution in [0.5, 0.6) is 0 Å². The number of hydrogen-bond acceptors (Lipinski definition) is 5. The van der Waals surface area contributed by atoms with Crippen LogP contribution in [0, 0.1) is 5.92 Å². The molecule has 0 aromatic heterocycles. The van der Waals surface area contributed by atoms with E-state index in [1.54, 1.807) is 0 Å². The molecule has 0 heterocycles. The summed E-state index contributed by atoms with van der Waals surface area (Å²) < 4.78 is 0. The molecule has 0 spiro atoms. The van der Waals surface area contributed by atoms with E-state index in [2.05, 4.69) is 0 Å². The van der Waals surface area contributed by atoms with Crippen molar-refractivity contribution < 1.29 is 25.5 Å². The van der Waals surface area contributed by atoms with Crippen molar-refractivity contribution in [2.75, 3.05) is 0 Å². The number of fused-ring (bicyclic) bond motifs is 2. The molecule has 2 atom stereocenters. The summed E-state index contributed by atoms with van der Waals surface area (Å²) in [6, 6.07) is 0. The Morgan fingerprint density at radius 3 is 1.83 bits per heavy atom. The Kier molecular flexibility index (Phi) is 1.28. The molecule has 0 saturated heterocycles. The number of rotatable bonds is 0. The maximum absolute atomic E-state index is 9.59. The van der Waals surface area contributed by atoms with Gasteiger partial charge in [-0.05, 0) is 19.3 Å². The highest BCUT2D eigenvalue weighted by atomic mass is 16.6. The lowest BCUT2D eigenvalue weighted by atomic mass is 9.85. The van der Waals surface area contributed by atoms with E-state index in [0.29, 0.717) is 6.42 Å². The molecule has 2 fully saturated rings. The third kappa shape index (κ3) is 0.627. The van der Waals surface area contributed by atoms with Gasteiger partial charge in [0.1, 0.15) is 5.60 Å². The highest BCUT2D eigenvalue weighted by Crippen LogP contribution is 2.56. The van der Waals surface area contributed by atoms with Gasteiger partial charge in [-0.1, -0.05) is 0 Å². The third-order valence-corrected chi connectivity index (χ3v) is 3.22. The summed E-state index contributed by atoms with van der Waals surface area (Å²) in [4.78, 5) is 0. The monoisotopic (exact) mass is 176 g/mol. The minimum atomic E-state index is -2.79. The van der Waals surface area contributed by atoms with Crippen molar-refractivity contribution in [1.82, 2.24) is 0 Å². The minimum Gasteiger partial charge on any atom is -0.384 e. The third-order valence-electron chi connectivity index (χ3n) is 3.22. The predicted molar refractivity (Wildman–Crippen MR) is 36.6 cm³/mol. The smallest absolute Gasteiger partial charge is 0.248 e. The average Bonchev–Trinajstić information content (AvgIpc) is 2.36. The second-order valence-corrected chi connectivity index (χ2v) is 3.87. The Hall–Kier alpha value is -0.200. The predicted octanol–water partition coefficient (Wildman–Crippen LogP) is -2.11. The van der Waals surface area contributed by atoms with Gasteiger partial charge < -0.3 is 25.5 Å². The highest BCUT2D eigenvalue weighted by Gasteiger charge is 2.74. The maximum Gasteiger partial charge on any atom is 0.248 e. The summed E-state index contributed by atoms with van der Waals surface area (Å²) in [5, 5.41) is 46.7. The Balaban J connectivity index is 2.46. The quantitative estimate of drug-likeness (QED) is 0.272. The van der Waals surface area contributed by atoms with Gasteiger partial charge in [0.05, 0.1) is 0 Å². The molecule has 5 nitrogen and oxygen atoms in total. The van der Waals surface area contributed by atoms with Crippen molar-refractivity contribution in [1.29, 1.82) is 0 Å². The maximum atomic E-state index is 9.59. The summed E-state index contributed by atoms with van der Waals surface area (Å²) in [6.07, 6.45) is 0.646. The normalized spacial score (nSPS) is 48.2. The van der Waals surface area contributed by atoms with Crippen LogP contribution in [-0.2, 0) is 0 Å². The van der Waals surface area contributed by atoms with E-state index >= 15 is 0 Å². The van der Waals surface area contributed by atoms with Crippen LogP contribution >= 0.6 is 0 Å². The van der Waals surface area contributed by atoms with Gasteiger partial charge in [-0.15, -0.1) is 0 Å². The Bertz CT molecular complexity index is 217. The van der Waals surface area contributed by atoms with Crippen LogP contribution in [0.3, 0.4) is 0 Å². The molecule has 2 rings (SSSR count). The Morgan fingerprint density at radius 1 is 1.00 bits per heavy atom. The van der Waals surface area contributed by atoms with Gasteiger partial charge in [-0.3, -0.25) is 0 Å². The molecule has 2 unspecified atom stereocenters. The van der Waals surface area contributed by atoms with Crippen molar-refractivity contribution in [2.45, 2.75) is 36.4 Å². The highest BCUT2D eigenvalue weighted by molar-refractivity contribution is 5.15. The Morgan fingerprint density at radius 2 is 1.58 bits per heavy atom. The van der Waals surface area contributed by atoms with Crippen LogP contribution in [0.1, 0.15) is 19.3 Å². The Labute approximate surface area is 68.9 Å². The largest absolute Gasteiger partial charge is 0.384 e. The lowest BCUT2D eigenvalue weighted by Gasteiger charge is -2.41. The minimum absolute atomic E-state index is 0.0347. The summed E-state index contributed by atoms with van der Waals surface area (Å²) in [6.45, 7) is 0.